The van der Waals surface area contributed by atoms with Crippen molar-refractivity contribution in [3.05, 3.63) is 28.2 Å². The van der Waals surface area contributed by atoms with Crippen LogP contribution in [0.2, 0.25) is 0 Å². The molecule has 0 fully saturated rings. The van der Waals surface area contributed by atoms with E-state index in [4.69, 9.17) is 0 Å². The molecule has 4 nitrogen and oxygen atoms in total. The van der Waals surface area contributed by atoms with Gasteiger partial charge in [0.15, 0.2) is 0 Å². The van der Waals surface area contributed by atoms with Crippen LogP contribution in [0.15, 0.2) is 27.6 Å². The highest BCUT2D eigenvalue weighted by Gasteiger charge is 2.24. The molecular formula is C12H18BrNO3S2. The average molecular weight is 368 g/mol. The third kappa shape index (κ3) is 5.07. The van der Waals surface area contributed by atoms with E-state index in [0.29, 0.717) is 15.8 Å². The summed E-state index contributed by atoms with van der Waals surface area (Å²) >= 11 is 4.73. The van der Waals surface area contributed by atoms with E-state index in [9.17, 15) is 13.5 Å². The predicted molar refractivity (Wildman–Crippen MR) is 83.1 cm³/mol. The van der Waals surface area contributed by atoms with Crippen LogP contribution < -0.4 is 4.72 Å². The van der Waals surface area contributed by atoms with Crippen molar-refractivity contribution in [2.75, 3.05) is 18.6 Å². The smallest absolute Gasteiger partial charge is 0.240 e. The normalized spacial score (nSPS) is 15.2. The molecule has 1 aromatic carbocycles. The number of sulfonamides is 1. The molecule has 0 aliphatic heterocycles. The molecule has 0 heterocycles. The number of aliphatic hydroxyl groups is 1. The van der Waals surface area contributed by atoms with Gasteiger partial charge >= 0.3 is 0 Å². The van der Waals surface area contributed by atoms with E-state index in [1.54, 1.807) is 32.0 Å². The summed E-state index contributed by atoms with van der Waals surface area (Å²) in [5.74, 6) is 0.465. The number of hydrogen-bond donors (Lipinski definition) is 2. The second-order valence-electron chi connectivity index (χ2n) is 4.66. The molecule has 0 bridgehead atoms. The second kappa shape index (κ2) is 6.58. The number of halogens is 1. The van der Waals surface area contributed by atoms with Crippen molar-refractivity contribution < 1.29 is 13.5 Å². The number of aryl methyl sites for hydroxylation is 1. The van der Waals surface area contributed by atoms with E-state index < -0.39 is 15.6 Å². The van der Waals surface area contributed by atoms with Crippen LogP contribution in [0.1, 0.15) is 12.5 Å². The third-order valence-corrected chi connectivity index (χ3v) is 5.49. The Balaban J connectivity index is 2.90. The van der Waals surface area contributed by atoms with Gasteiger partial charge in [-0.1, -0.05) is 22.0 Å². The first-order valence-corrected chi connectivity index (χ1v) is 9.32. The summed E-state index contributed by atoms with van der Waals surface area (Å²) in [5.41, 5.74) is -0.396. The number of thioether (sulfide) groups is 1. The van der Waals surface area contributed by atoms with Crippen molar-refractivity contribution in [3.8, 4) is 0 Å². The molecule has 0 saturated heterocycles. The number of rotatable bonds is 6. The lowest BCUT2D eigenvalue weighted by molar-refractivity contribution is 0.0908. The van der Waals surface area contributed by atoms with Gasteiger partial charge in [-0.25, -0.2) is 13.1 Å². The Kier molecular flexibility index (Phi) is 5.88. The SMILES string of the molecule is CSCC(C)(O)CNS(=O)(=O)c1cc(Br)ccc1C. The first kappa shape index (κ1) is 17.0. The standard InChI is InChI=1S/C12H18BrNO3S2/c1-9-4-5-10(13)6-11(9)19(16,17)14-7-12(2,15)8-18-3/h4-6,14-15H,7-8H2,1-3H3. The van der Waals surface area contributed by atoms with Gasteiger partial charge in [0, 0.05) is 16.8 Å². The highest BCUT2D eigenvalue weighted by Crippen LogP contribution is 2.21. The van der Waals surface area contributed by atoms with Crippen molar-refractivity contribution in [1.82, 2.24) is 4.72 Å². The van der Waals surface area contributed by atoms with Gasteiger partial charge in [0.2, 0.25) is 10.0 Å². The maximum atomic E-state index is 12.2. The van der Waals surface area contributed by atoms with Crippen LogP contribution in [0.5, 0.6) is 0 Å². The highest BCUT2D eigenvalue weighted by molar-refractivity contribution is 9.10. The van der Waals surface area contributed by atoms with Gasteiger partial charge in [-0.05, 0) is 37.8 Å². The lowest BCUT2D eigenvalue weighted by Crippen LogP contribution is -2.42. The van der Waals surface area contributed by atoms with Crippen LogP contribution >= 0.6 is 27.7 Å². The lowest BCUT2D eigenvalue weighted by Gasteiger charge is -2.22. The van der Waals surface area contributed by atoms with E-state index in [1.165, 1.54) is 11.8 Å². The summed E-state index contributed by atoms with van der Waals surface area (Å²) in [7, 11) is -3.61. The molecule has 0 saturated carbocycles. The topological polar surface area (TPSA) is 66.4 Å². The summed E-state index contributed by atoms with van der Waals surface area (Å²) in [6.45, 7) is 3.34. The minimum absolute atomic E-state index is 0.0118. The van der Waals surface area contributed by atoms with Crippen molar-refractivity contribution in [1.29, 1.82) is 0 Å². The number of benzene rings is 1. The molecule has 0 aliphatic rings. The second-order valence-corrected chi connectivity index (χ2v) is 8.18. The van der Waals surface area contributed by atoms with E-state index in [0.717, 1.165) is 0 Å². The van der Waals surface area contributed by atoms with Crippen LogP contribution in [0.25, 0.3) is 0 Å². The first-order chi connectivity index (χ1) is 8.68. The Hall–Kier alpha value is -0.0800. The Morgan fingerprint density at radius 1 is 1.47 bits per heavy atom. The average Bonchev–Trinajstić information content (AvgIpc) is 2.30. The van der Waals surface area contributed by atoms with Crippen LogP contribution in [0, 0.1) is 6.92 Å². The lowest BCUT2D eigenvalue weighted by atomic mass is 10.1. The molecule has 1 aromatic rings. The van der Waals surface area contributed by atoms with Crippen LogP contribution in [0.4, 0.5) is 0 Å². The zero-order valence-electron chi connectivity index (χ0n) is 11.1. The first-order valence-electron chi connectivity index (χ1n) is 5.65. The van der Waals surface area contributed by atoms with Gasteiger partial charge in [-0.3, -0.25) is 0 Å². The molecular weight excluding hydrogens is 350 g/mol. The minimum atomic E-state index is -3.61. The quantitative estimate of drug-likeness (QED) is 0.808. The molecule has 108 valence electrons. The number of hydrogen-bond acceptors (Lipinski definition) is 4. The van der Waals surface area contributed by atoms with E-state index >= 15 is 0 Å². The van der Waals surface area contributed by atoms with Crippen molar-refractivity contribution in [2.45, 2.75) is 24.3 Å². The summed E-state index contributed by atoms with van der Waals surface area (Å²) < 4.78 is 27.6. The summed E-state index contributed by atoms with van der Waals surface area (Å²) in [6, 6.07) is 5.08. The van der Waals surface area contributed by atoms with Crippen molar-refractivity contribution in [2.24, 2.45) is 0 Å². The Labute approximate surface area is 127 Å². The molecule has 1 atom stereocenters. The van der Waals surface area contributed by atoms with E-state index in [1.807, 2.05) is 6.26 Å². The maximum absolute atomic E-state index is 12.2. The monoisotopic (exact) mass is 367 g/mol. The largest absolute Gasteiger partial charge is 0.388 e. The van der Waals surface area contributed by atoms with Gasteiger partial charge < -0.3 is 5.11 Å². The Morgan fingerprint density at radius 2 is 2.11 bits per heavy atom. The molecule has 0 amide bonds. The van der Waals surface area contributed by atoms with Crippen molar-refractivity contribution >= 4 is 37.7 Å². The van der Waals surface area contributed by atoms with Gasteiger partial charge in [-0.2, -0.15) is 11.8 Å². The Bertz CT molecular complexity index is 544. The molecule has 7 heteroatoms. The summed E-state index contributed by atoms with van der Waals surface area (Å²) in [4.78, 5) is 0.224. The van der Waals surface area contributed by atoms with Gasteiger partial charge in [0.05, 0.1) is 10.5 Å². The maximum Gasteiger partial charge on any atom is 0.240 e. The summed E-state index contributed by atoms with van der Waals surface area (Å²) in [5, 5.41) is 9.99. The highest BCUT2D eigenvalue weighted by atomic mass is 79.9. The van der Waals surface area contributed by atoms with E-state index in [-0.39, 0.29) is 11.4 Å². The fourth-order valence-electron chi connectivity index (χ4n) is 1.55. The number of nitrogens with one attached hydrogen (secondary N) is 1. The predicted octanol–water partition coefficient (Wildman–Crippen LogP) is 2.15. The Morgan fingerprint density at radius 3 is 2.68 bits per heavy atom. The summed E-state index contributed by atoms with van der Waals surface area (Å²) in [6.07, 6.45) is 1.86. The molecule has 0 radical (unpaired) electrons. The molecule has 1 rings (SSSR count). The van der Waals surface area contributed by atoms with Gasteiger partial charge in [0.1, 0.15) is 0 Å². The van der Waals surface area contributed by atoms with E-state index in [2.05, 4.69) is 20.7 Å². The van der Waals surface area contributed by atoms with Crippen LogP contribution in [-0.4, -0.2) is 37.7 Å². The van der Waals surface area contributed by atoms with Gasteiger partial charge in [0.25, 0.3) is 0 Å². The molecule has 2 N–H and O–H groups in total. The fourth-order valence-corrected chi connectivity index (χ4v) is 4.22. The zero-order valence-corrected chi connectivity index (χ0v) is 14.3. The zero-order chi connectivity index (χ0) is 14.7. The fraction of sp³-hybridized carbons (Fsp3) is 0.500. The minimum Gasteiger partial charge on any atom is -0.388 e. The molecule has 0 aliphatic carbocycles. The van der Waals surface area contributed by atoms with Gasteiger partial charge in [-0.15, -0.1) is 0 Å². The third-order valence-electron chi connectivity index (χ3n) is 2.54. The van der Waals surface area contributed by atoms with Crippen LogP contribution in [-0.2, 0) is 10.0 Å². The van der Waals surface area contributed by atoms with Crippen molar-refractivity contribution in [3.63, 3.8) is 0 Å². The van der Waals surface area contributed by atoms with Crippen LogP contribution in [0.3, 0.4) is 0 Å². The molecule has 1 unspecified atom stereocenters. The molecule has 0 spiro atoms. The molecule has 19 heavy (non-hydrogen) atoms. The molecule has 0 aromatic heterocycles.